The van der Waals surface area contributed by atoms with Gasteiger partial charge in [-0.05, 0) is 18.7 Å². The first kappa shape index (κ1) is 10.1. The highest BCUT2D eigenvalue weighted by molar-refractivity contribution is 6.31. The van der Waals surface area contributed by atoms with Crippen LogP contribution in [-0.2, 0) is 0 Å². The zero-order valence-electron chi connectivity index (χ0n) is 7.55. The lowest BCUT2D eigenvalue weighted by molar-refractivity contribution is 0.612. The lowest BCUT2D eigenvalue weighted by atomic mass is 10.0. The van der Waals surface area contributed by atoms with E-state index in [0.29, 0.717) is 6.42 Å². The van der Waals surface area contributed by atoms with E-state index < -0.39 is 0 Å². The molecule has 0 amide bonds. The highest BCUT2D eigenvalue weighted by Crippen LogP contribution is 2.23. The van der Waals surface area contributed by atoms with E-state index in [1.807, 2.05) is 31.3 Å². The van der Waals surface area contributed by atoms with Crippen molar-refractivity contribution in [3.05, 3.63) is 34.9 Å². The number of hydrogen-bond donors (Lipinski definition) is 1. The Labute approximate surface area is 84.1 Å². The fourth-order valence-electron chi connectivity index (χ4n) is 1.24. The fourth-order valence-corrected chi connectivity index (χ4v) is 1.51. The molecule has 0 heterocycles. The van der Waals surface area contributed by atoms with Gasteiger partial charge in [-0.1, -0.05) is 29.8 Å². The van der Waals surface area contributed by atoms with E-state index in [9.17, 15) is 0 Å². The summed E-state index contributed by atoms with van der Waals surface area (Å²) in [5.74, 6) is 2.62. The van der Waals surface area contributed by atoms with Gasteiger partial charge in [-0.15, -0.1) is 12.3 Å². The zero-order valence-corrected chi connectivity index (χ0v) is 8.31. The van der Waals surface area contributed by atoms with E-state index in [0.717, 1.165) is 10.6 Å². The van der Waals surface area contributed by atoms with Gasteiger partial charge in [0.25, 0.3) is 0 Å². The van der Waals surface area contributed by atoms with Gasteiger partial charge >= 0.3 is 0 Å². The molecule has 0 fully saturated rings. The number of rotatable bonds is 3. The molecule has 0 radical (unpaired) electrons. The summed E-state index contributed by atoms with van der Waals surface area (Å²) in [6, 6.07) is 7.88. The van der Waals surface area contributed by atoms with Gasteiger partial charge in [-0.3, -0.25) is 0 Å². The molecular weight excluding hydrogens is 182 g/mol. The molecule has 1 N–H and O–H groups in total. The molecule has 0 bridgehead atoms. The van der Waals surface area contributed by atoms with Crippen LogP contribution in [0.1, 0.15) is 18.0 Å². The SMILES string of the molecule is C#CCC(NC)c1ccccc1Cl. The van der Waals surface area contributed by atoms with Gasteiger partial charge in [-0.2, -0.15) is 0 Å². The van der Waals surface area contributed by atoms with Gasteiger partial charge in [0.05, 0.1) is 0 Å². The van der Waals surface area contributed by atoms with Crippen LogP contribution < -0.4 is 5.32 Å². The third-order valence-electron chi connectivity index (χ3n) is 1.95. The second kappa shape index (κ2) is 4.91. The lowest BCUT2D eigenvalue weighted by Gasteiger charge is -2.14. The maximum Gasteiger partial charge on any atom is 0.0454 e. The number of halogens is 1. The molecule has 0 saturated heterocycles. The Morgan fingerprint density at radius 1 is 1.54 bits per heavy atom. The number of benzene rings is 1. The first-order valence-electron chi connectivity index (χ1n) is 4.14. The standard InChI is InChI=1S/C11H12ClN/c1-3-6-11(13-2)9-7-4-5-8-10(9)12/h1,4-5,7-8,11,13H,6H2,2H3. The largest absolute Gasteiger partial charge is 0.312 e. The average molecular weight is 194 g/mol. The summed E-state index contributed by atoms with van der Waals surface area (Å²) in [6.07, 6.45) is 5.91. The Morgan fingerprint density at radius 2 is 2.23 bits per heavy atom. The highest BCUT2D eigenvalue weighted by atomic mass is 35.5. The van der Waals surface area contributed by atoms with Crippen LogP contribution in [0, 0.1) is 12.3 Å². The minimum absolute atomic E-state index is 0.152. The van der Waals surface area contributed by atoms with Crippen LogP contribution in [-0.4, -0.2) is 7.05 Å². The Hall–Kier alpha value is -0.970. The summed E-state index contributed by atoms with van der Waals surface area (Å²) < 4.78 is 0. The third kappa shape index (κ3) is 2.48. The van der Waals surface area contributed by atoms with Crippen molar-refractivity contribution in [2.24, 2.45) is 0 Å². The molecule has 1 aromatic carbocycles. The first-order valence-corrected chi connectivity index (χ1v) is 4.52. The van der Waals surface area contributed by atoms with Crippen LogP contribution in [0.3, 0.4) is 0 Å². The van der Waals surface area contributed by atoms with E-state index in [-0.39, 0.29) is 6.04 Å². The molecule has 1 unspecified atom stereocenters. The van der Waals surface area contributed by atoms with Crippen molar-refractivity contribution in [3.63, 3.8) is 0 Å². The minimum atomic E-state index is 0.152. The molecule has 0 aliphatic rings. The van der Waals surface area contributed by atoms with Crippen LogP contribution in [0.5, 0.6) is 0 Å². The topological polar surface area (TPSA) is 12.0 Å². The smallest absolute Gasteiger partial charge is 0.0454 e. The van der Waals surface area contributed by atoms with Crippen molar-refractivity contribution < 1.29 is 0 Å². The highest BCUT2D eigenvalue weighted by Gasteiger charge is 2.09. The average Bonchev–Trinajstić information content (AvgIpc) is 2.16. The first-order chi connectivity index (χ1) is 6.29. The van der Waals surface area contributed by atoms with Crippen LogP contribution in [0.2, 0.25) is 5.02 Å². The van der Waals surface area contributed by atoms with Crippen LogP contribution in [0.15, 0.2) is 24.3 Å². The summed E-state index contributed by atoms with van der Waals surface area (Å²) in [6.45, 7) is 0. The Balaban J connectivity index is 2.92. The van der Waals surface area contributed by atoms with Gasteiger partial charge in [0, 0.05) is 17.5 Å². The van der Waals surface area contributed by atoms with E-state index in [2.05, 4.69) is 11.2 Å². The van der Waals surface area contributed by atoms with E-state index >= 15 is 0 Å². The van der Waals surface area contributed by atoms with Crippen LogP contribution >= 0.6 is 11.6 Å². The summed E-state index contributed by atoms with van der Waals surface area (Å²) in [4.78, 5) is 0. The molecular formula is C11H12ClN. The molecule has 1 rings (SSSR count). The third-order valence-corrected chi connectivity index (χ3v) is 2.30. The quantitative estimate of drug-likeness (QED) is 0.728. The van der Waals surface area contributed by atoms with Crippen LogP contribution in [0.25, 0.3) is 0 Å². The number of nitrogens with one attached hydrogen (secondary N) is 1. The van der Waals surface area contributed by atoms with E-state index in [4.69, 9.17) is 18.0 Å². The van der Waals surface area contributed by atoms with Gasteiger partial charge in [0.15, 0.2) is 0 Å². The van der Waals surface area contributed by atoms with Gasteiger partial charge in [0.2, 0.25) is 0 Å². The molecule has 1 aromatic rings. The maximum atomic E-state index is 6.02. The summed E-state index contributed by atoms with van der Waals surface area (Å²) in [5.41, 5.74) is 1.06. The molecule has 1 atom stereocenters. The van der Waals surface area contributed by atoms with Crippen molar-refractivity contribution in [2.45, 2.75) is 12.5 Å². The van der Waals surface area contributed by atoms with Crippen molar-refractivity contribution in [3.8, 4) is 12.3 Å². The van der Waals surface area contributed by atoms with Crippen molar-refractivity contribution in [1.29, 1.82) is 0 Å². The van der Waals surface area contributed by atoms with Gasteiger partial charge in [0.1, 0.15) is 0 Å². The molecule has 0 aromatic heterocycles. The maximum absolute atomic E-state index is 6.02. The number of hydrogen-bond acceptors (Lipinski definition) is 1. The van der Waals surface area contributed by atoms with E-state index in [1.165, 1.54) is 0 Å². The van der Waals surface area contributed by atoms with Crippen molar-refractivity contribution in [1.82, 2.24) is 5.32 Å². The summed E-state index contributed by atoms with van der Waals surface area (Å²) in [7, 11) is 1.88. The molecule has 0 saturated carbocycles. The zero-order chi connectivity index (χ0) is 9.68. The second-order valence-electron chi connectivity index (χ2n) is 2.77. The molecule has 0 aliphatic heterocycles. The summed E-state index contributed by atoms with van der Waals surface area (Å²) >= 11 is 6.02. The predicted octanol–water partition coefficient (Wildman–Crippen LogP) is 2.62. The Kier molecular flexibility index (Phi) is 3.82. The molecule has 0 spiro atoms. The molecule has 2 heteroatoms. The Bertz CT molecular complexity index is 314. The van der Waals surface area contributed by atoms with Crippen LogP contribution in [0.4, 0.5) is 0 Å². The van der Waals surface area contributed by atoms with Gasteiger partial charge < -0.3 is 5.32 Å². The molecule has 0 aliphatic carbocycles. The summed E-state index contributed by atoms with van der Waals surface area (Å²) in [5, 5.41) is 3.89. The lowest BCUT2D eigenvalue weighted by Crippen LogP contribution is -2.15. The molecule has 1 nitrogen and oxygen atoms in total. The molecule has 13 heavy (non-hydrogen) atoms. The predicted molar refractivity (Wildman–Crippen MR) is 56.7 cm³/mol. The normalized spacial score (nSPS) is 12.1. The minimum Gasteiger partial charge on any atom is -0.312 e. The second-order valence-corrected chi connectivity index (χ2v) is 3.18. The fraction of sp³-hybridized carbons (Fsp3) is 0.273. The molecule has 68 valence electrons. The van der Waals surface area contributed by atoms with E-state index in [1.54, 1.807) is 0 Å². The van der Waals surface area contributed by atoms with Crippen molar-refractivity contribution in [2.75, 3.05) is 7.05 Å². The Morgan fingerprint density at radius 3 is 2.77 bits per heavy atom. The number of terminal acetylenes is 1. The monoisotopic (exact) mass is 193 g/mol. The van der Waals surface area contributed by atoms with Crippen molar-refractivity contribution >= 4 is 11.6 Å². The van der Waals surface area contributed by atoms with Gasteiger partial charge in [-0.25, -0.2) is 0 Å².